The summed E-state index contributed by atoms with van der Waals surface area (Å²) in [7, 11) is 0. The Bertz CT molecular complexity index is 658. The number of aliphatic hydroxyl groups is 1. The summed E-state index contributed by atoms with van der Waals surface area (Å²) < 4.78 is 0. The molecule has 0 saturated heterocycles. The summed E-state index contributed by atoms with van der Waals surface area (Å²) in [5, 5.41) is 20.1. The van der Waals surface area contributed by atoms with E-state index in [1.54, 1.807) is 0 Å². The van der Waals surface area contributed by atoms with Crippen LogP contribution in [0.5, 0.6) is 0 Å². The van der Waals surface area contributed by atoms with Crippen LogP contribution in [0.25, 0.3) is 0 Å². The Kier molecular flexibility index (Phi) is 3.51. The van der Waals surface area contributed by atoms with Gasteiger partial charge < -0.3 is 10.4 Å². The van der Waals surface area contributed by atoms with Crippen LogP contribution in [0.15, 0.2) is 24.3 Å². The van der Waals surface area contributed by atoms with E-state index in [0.29, 0.717) is 6.42 Å². The monoisotopic (exact) mass is 285 g/mol. The zero-order valence-corrected chi connectivity index (χ0v) is 12.2. The SMILES string of the molecule is Cc1n[nH]c(C)c1CC(=O)N[C@@H]1c2ccccc2C[C@@H]1O. The molecule has 5 nitrogen and oxygen atoms in total. The number of rotatable bonds is 3. The Hall–Kier alpha value is -2.14. The summed E-state index contributed by atoms with van der Waals surface area (Å²) in [6.07, 6.45) is 0.308. The number of carbonyl (C=O) groups excluding carboxylic acids is 1. The predicted octanol–water partition coefficient (Wildman–Crippen LogP) is 1.34. The number of aromatic nitrogens is 2. The summed E-state index contributed by atoms with van der Waals surface area (Å²) in [6, 6.07) is 7.52. The first-order chi connectivity index (χ1) is 10.1. The minimum atomic E-state index is -0.558. The van der Waals surface area contributed by atoms with Gasteiger partial charge in [-0.05, 0) is 25.0 Å². The summed E-state index contributed by atoms with van der Waals surface area (Å²) in [5.41, 5.74) is 4.79. The standard InChI is InChI=1S/C16H19N3O2/c1-9-13(10(2)19-18-9)8-15(21)17-16-12-6-4-3-5-11(12)7-14(16)20/h3-6,14,16,20H,7-8H2,1-2H3,(H,17,21)(H,18,19)/t14-,16+/m0/s1. The molecule has 2 aromatic rings. The van der Waals surface area contributed by atoms with Crippen LogP contribution >= 0.6 is 0 Å². The van der Waals surface area contributed by atoms with Crippen molar-refractivity contribution >= 4 is 5.91 Å². The van der Waals surface area contributed by atoms with E-state index in [4.69, 9.17) is 0 Å². The average molecular weight is 285 g/mol. The lowest BCUT2D eigenvalue weighted by molar-refractivity contribution is -0.122. The molecule has 0 radical (unpaired) electrons. The van der Waals surface area contributed by atoms with Crippen LogP contribution in [0.3, 0.4) is 0 Å². The molecule has 0 unspecified atom stereocenters. The van der Waals surface area contributed by atoms with Gasteiger partial charge in [-0.3, -0.25) is 9.89 Å². The normalized spacial score (nSPS) is 20.3. The Balaban J connectivity index is 1.74. The van der Waals surface area contributed by atoms with Gasteiger partial charge in [-0.2, -0.15) is 5.10 Å². The highest BCUT2D eigenvalue weighted by molar-refractivity contribution is 5.79. The molecule has 5 heteroatoms. The molecule has 3 rings (SSSR count). The van der Waals surface area contributed by atoms with Crippen LogP contribution < -0.4 is 5.32 Å². The van der Waals surface area contributed by atoms with Crippen molar-refractivity contribution in [2.24, 2.45) is 0 Å². The highest BCUT2D eigenvalue weighted by Gasteiger charge is 2.31. The maximum atomic E-state index is 12.3. The third kappa shape index (κ3) is 2.56. The van der Waals surface area contributed by atoms with Crippen molar-refractivity contribution in [1.82, 2.24) is 15.5 Å². The topological polar surface area (TPSA) is 78.0 Å². The number of fused-ring (bicyclic) bond motifs is 1. The molecule has 0 saturated carbocycles. The van der Waals surface area contributed by atoms with Gasteiger partial charge in [0, 0.05) is 17.7 Å². The highest BCUT2D eigenvalue weighted by atomic mass is 16.3. The Morgan fingerprint density at radius 3 is 2.90 bits per heavy atom. The minimum absolute atomic E-state index is 0.0941. The predicted molar refractivity (Wildman–Crippen MR) is 78.8 cm³/mol. The summed E-state index contributed by atoms with van der Waals surface area (Å²) in [4.78, 5) is 12.3. The van der Waals surface area contributed by atoms with Crippen molar-refractivity contribution in [3.05, 3.63) is 52.3 Å². The van der Waals surface area contributed by atoms with E-state index in [0.717, 1.165) is 28.1 Å². The van der Waals surface area contributed by atoms with E-state index in [1.165, 1.54) is 0 Å². The lowest BCUT2D eigenvalue weighted by Gasteiger charge is -2.18. The van der Waals surface area contributed by atoms with Gasteiger partial charge in [0.05, 0.1) is 24.3 Å². The molecule has 1 aliphatic rings. The Morgan fingerprint density at radius 2 is 2.19 bits per heavy atom. The van der Waals surface area contributed by atoms with Crippen LogP contribution in [0.2, 0.25) is 0 Å². The van der Waals surface area contributed by atoms with Crippen molar-refractivity contribution in [2.75, 3.05) is 0 Å². The fourth-order valence-electron chi connectivity index (χ4n) is 2.97. The lowest BCUT2D eigenvalue weighted by Crippen LogP contribution is -2.35. The maximum Gasteiger partial charge on any atom is 0.225 e. The van der Waals surface area contributed by atoms with Crippen LogP contribution in [0, 0.1) is 13.8 Å². The zero-order valence-electron chi connectivity index (χ0n) is 12.2. The van der Waals surface area contributed by atoms with E-state index in [1.807, 2.05) is 38.1 Å². The molecule has 0 fully saturated rings. The van der Waals surface area contributed by atoms with E-state index < -0.39 is 6.10 Å². The second-order valence-electron chi connectivity index (χ2n) is 5.60. The summed E-state index contributed by atoms with van der Waals surface area (Å²) in [5.74, 6) is -0.0941. The number of nitrogens with one attached hydrogen (secondary N) is 2. The van der Waals surface area contributed by atoms with Gasteiger partial charge in [-0.15, -0.1) is 0 Å². The number of aliphatic hydroxyl groups excluding tert-OH is 1. The minimum Gasteiger partial charge on any atom is -0.390 e. The van der Waals surface area contributed by atoms with E-state index in [-0.39, 0.29) is 18.4 Å². The quantitative estimate of drug-likeness (QED) is 0.796. The van der Waals surface area contributed by atoms with E-state index in [9.17, 15) is 9.90 Å². The summed E-state index contributed by atoms with van der Waals surface area (Å²) in [6.45, 7) is 3.79. The van der Waals surface area contributed by atoms with Crippen molar-refractivity contribution < 1.29 is 9.90 Å². The van der Waals surface area contributed by atoms with Crippen LogP contribution in [-0.2, 0) is 17.6 Å². The highest BCUT2D eigenvalue weighted by Crippen LogP contribution is 2.31. The van der Waals surface area contributed by atoms with Crippen molar-refractivity contribution in [2.45, 2.75) is 38.8 Å². The van der Waals surface area contributed by atoms with Crippen LogP contribution in [0.4, 0.5) is 0 Å². The van der Waals surface area contributed by atoms with Gasteiger partial charge in [0.25, 0.3) is 0 Å². The van der Waals surface area contributed by atoms with Gasteiger partial charge >= 0.3 is 0 Å². The van der Waals surface area contributed by atoms with Gasteiger partial charge in [0.1, 0.15) is 0 Å². The van der Waals surface area contributed by atoms with Gasteiger partial charge in [-0.25, -0.2) is 0 Å². The number of aromatic amines is 1. The molecule has 1 heterocycles. The van der Waals surface area contributed by atoms with Crippen molar-refractivity contribution in [3.8, 4) is 0 Å². The summed E-state index contributed by atoms with van der Waals surface area (Å²) >= 11 is 0. The van der Waals surface area contributed by atoms with Gasteiger partial charge in [0.15, 0.2) is 0 Å². The van der Waals surface area contributed by atoms with Gasteiger partial charge in [0.2, 0.25) is 5.91 Å². The number of H-pyrrole nitrogens is 1. The smallest absolute Gasteiger partial charge is 0.225 e. The molecule has 1 amide bonds. The second-order valence-corrected chi connectivity index (χ2v) is 5.60. The lowest BCUT2D eigenvalue weighted by atomic mass is 10.1. The number of aryl methyl sites for hydroxylation is 2. The van der Waals surface area contributed by atoms with Crippen LogP contribution in [-0.4, -0.2) is 27.3 Å². The number of hydrogen-bond acceptors (Lipinski definition) is 3. The second kappa shape index (κ2) is 5.33. The molecule has 0 spiro atoms. The average Bonchev–Trinajstić information content (AvgIpc) is 2.93. The first kappa shape index (κ1) is 13.8. The molecule has 21 heavy (non-hydrogen) atoms. The number of carbonyl (C=O) groups is 1. The number of hydrogen-bond donors (Lipinski definition) is 3. The molecule has 2 atom stereocenters. The third-order valence-corrected chi connectivity index (χ3v) is 4.14. The van der Waals surface area contributed by atoms with Crippen LogP contribution in [0.1, 0.15) is 34.1 Å². The molecule has 1 aromatic heterocycles. The fraction of sp³-hybridized carbons (Fsp3) is 0.375. The molecule has 1 aromatic carbocycles. The largest absolute Gasteiger partial charge is 0.390 e. The first-order valence-corrected chi connectivity index (χ1v) is 7.12. The van der Waals surface area contributed by atoms with Gasteiger partial charge in [-0.1, -0.05) is 24.3 Å². The third-order valence-electron chi connectivity index (χ3n) is 4.14. The van der Waals surface area contributed by atoms with E-state index in [2.05, 4.69) is 15.5 Å². The Labute approximate surface area is 123 Å². The molecule has 110 valence electrons. The van der Waals surface area contributed by atoms with E-state index >= 15 is 0 Å². The molecular weight excluding hydrogens is 266 g/mol. The Morgan fingerprint density at radius 1 is 1.43 bits per heavy atom. The molecule has 0 bridgehead atoms. The number of benzene rings is 1. The molecule has 0 aliphatic heterocycles. The van der Waals surface area contributed by atoms with Crippen molar-refractivity contribution in [3.63, 3.8) is 0 Å². The van der Waals surface area contributed by atoms with Crippen molar-refractivity contribution in [1.29, 1.82) is 0 Å². The number of nitrogens with zero attached hydrogens (tertiary/aromatic N) is 1. The molecule has 3 N–H and O–H groups in total. The maximum absolute atomic E-state index is 12.3. The number of amides is 1. The molecular formula is C16H19N3O2. The first-order valence-electron chi connectivity index (χ1n) is 7.12. The molecule has 1 aliphatic carbocycles. The fourth-order valence-corrected chi connectivity index (χ4v) is 2.97. The zero-order chi connectivity index (χ0) is 15.0.